The molecular formula is C19H23N7O. The molecule has 0 N–H and O–H groups in total. The molecule has 0 radical (unpaired) electrons. The predicted molar refractivity (Wildman–Crippen MR) is 101 cm³/mol. The van der Waals surface area contributed by atoms with E-state index >= 15 is 0 Å². The number of likely N-dealkylation sites (N-methyl/N-ethyl adjacent to an activating group) is 1. The van der Waals surface area contributed by atoms with Crippen molar-refractivity contribution in [1.82, 2.24) is 29.3 Å². The van der Waals surface area contributed by atoms with E-state index in [1.165, 1.54) is 0 Å². The summed E-state index contributed by atoms with van der Waals surface area (Å²) in [6, 6.07) is 0. The molecule has 3 aromatic heterocycles. The molecule has 0 atom stereocenters. The fourth-order valence-corrected chi connectivity index (χ4v) is 3.56. The Morgan fingerprint density at radius 3 is 2.78 bits per heavy atom. The fourth-order valence-electron chi connectivity index (χ4n) is 3.56. The zero-order valence-electron chi connectivity index (χ0n) is 15.9. The van der Waals surface area contributed by atoms with E-state index in [-0.39, 0.29) is 5.78 Å². The number of aryl methyl sites for hydroxylation is 3. The largest absolute Gasteiger partial charge is 0.352 e. The first kappa shape index (κ1) is 17.4. The first-order valence-corrected chi connectivity index (χ1v) is 9.08. The van der Waals surface area contributed by atoms with Gasteiger partial charge in [0.25, 0.3) is 0 Å². The lowest BCUT2D eigenvalue weighted by Crippen LogP contribution is -2.28. The lowest BCUT2D eigenvalue weighted by atomic mass is 10.1. The van der Waals surface area contributed by atoms with E-state index in [2.05, 4.69) is 10.1 Å². The molecule has 0 amide bonds. The minimum absolute atomic E-state index is 0.134. The number of aromatic nitrogens is 6. The standard InChI is InChI=1S/C19H23N7O/c1-24-11-17(20-12-24)18-22-16-6-4-5-15(16)19(23-18)25(2)10-14(27)7-13-8-21-26(3)9-13/h8-9,11-12H,4-7,10H2,1-3H3. The Kier molecular flexibility index (Phi) is 4.47. The normalized spacial score (nSPS) is 13.0. The summed E-state index contributed by atoms with van der Waals surface area (Å²) < 4.78 is 3.59. The zero-order chi connectivity index (χ0) is 19.0. The van der Waals surface area contributed by atoms with Gasteiger partial charge in [0, 0.05) is 51.2 Å². The molecule has 0 saturated heterocycles. The van der Waals surface area contributed by atoms with Gasteiger partial charge in [0.1, 0.15) is 11.5 Å². The lowest BCUT2D eigenvalue weighted by Gasteiger charge is -2.20. The van der Waals surface area contributed by atoms with Crippen molar-refractivity contribution in [2.45, 2.75) is 25.7 Å². The monoisotopic (exact) mass is 365 g/mol. The molecule has 1 aliphatic carbocycles. The molecule has 0 unspecified atom stereocenters. The van der Waals surface area contributed by atoms with Gasteiger partial charge in [-0.1, -0.05) is 0 Å². The van der Waals surface area contributed by atoms with Gasteiger partial charge < -0.3 is 9.47 Å². The molecule has 0 bridgehead atoms. The number of anilines is 1. The first-order chi connectivity index (χ1) is 13.0. The molecule has 0 spiro atoms. The number of rotatable bonds is 6. The molecule has 0 fully saturated rings. The summed E-state index contributed by atoms with van der Waals surface area (Å²) in [6.07, 6.45) is 10.6. The molecule has 8 nitrogen and oxygen atoms in total. The summed E-state index contributed by atoms with van der Waals surface area (Å²) in [5.41, 5.74) is 3.92. The molecule has 0 aliphatic heterocycles. The Hall–Kier alpha value is -3.03. The van der Waals surface area contributed by atoms with Gasteiger partial charge in [-0.3, -0.25) is 9.48 Å². The lowest BCUT2D eigenvalue weighted by molar-refractivity contribution is -0.117. The second-order valence-corrected chi connectivity index (χ2v) is 7.17. The second-order valence-electron chi connectivity index (χ2n) is 7.17. The third-order valence-electron chi connectivity index (χ3n) is 4.78. The Bertz CT molecular complexity index is 988. The van der Waals surface area contributed by atoms with Crippen LogP contribution in [0.2, 0.25) is 0 Å². The summed E-state index contributed by atoms with van der Waals surface area (Å²) in [6.45, 7) is 0.306. The van der Waals surface area contributed by atoms with E-state index in [0.29, 0.717) is 18.8 Å². The Morgan fingerprint density at radius 2 is 2.07 bits per heavy atom. The topological polar surface area (TPSA) is 81.7 Å². The minimum Gasteiger partial charge on any atom is -0.352 e. The van der Waals surface area contributed by atoms with Crippen molar-refractivity contribution >= 4 is 11.6 Å². The Balaban J connectivity index is 1.58. The maximum Gasteiger partial charge on any atom is 0.182 e. The quantitative estimate of drug-likeness (QED) is 0.656. The first-order valence-electron chi connectivity index (χ1n) is 9.08. The van der Waals surface area contributed by atoms with Crippen LogP contribution in [0.25, 0.3) is 11.5 Å². The number of imidazole rings is 1. The van der Waals surface area contributed by atoms with Gasteiger partial charge in [0.05, 0.1) is 19.1 Å². The fraction of sp³-hybridized carbons (Fsp3) is 0.421. The summed E-state index contributed by atoms with van der Waals surface area (Å²) in [4.78, 5) is 28.3. The van der Waals surface area contributed by atoms with Crippen molar-refractivity contribution in [3.8, 4) is 11.5 Å². The van der Waals surface area contributed by atoms with E-state index < -0.39 is 0 Å². The van der Waals surface area contributed by atoms with Crippen LogP contribution in [-0.2, 0) is 38.2 Å². The van der Waals surface area contributed by atoms with Gasteiger partial charge in [-0.2, -0.15) is 5.10 Å². The van der Waals surface area contributed by atoms with Crippen LogP contribution in [0.5, 0.6) is 0 Å². The highest BCUT2D eigenvalue weighted by Gasteiger charge is 2.23. The summed E-state index contributed by atoms with van der Waals surface area (Å²) >= 11 is 0. The predicted octanol–water partition coefficient (Wildman–Crippen LogP) is 1.35. The van der Waals surface area contributed by atoms with Gasteiger partial charge in [0.2, 0.25) is 0 Å². The Morgan fingerprint density at radius 1 is 1.22 bits per heavy atom. The second kappa shape index (κ2) is 6.94. The molecule has 140 valence electrons. The summed E-state index contributed by atoms with van der Waals surface area (Å²) in [5, 5.41) is 4.12. The number of nitrogens with zero attached hydrogens (tertiary/aromatic N) is 7. The van der Waals surface area contributed by atoms with Gasteiger partial charge in [-0.05, 0) is 24.8 Å². The van der Waals surface area contributed by atoms with E-state index in [0.717, 1.165) is 47.6 Å². The minimum atomic E-state index is 0.134. The molecule has 1 aliphatic rings. The van der Waals surface area contributed by atoms with Crippen LogP contribution in [0.1, 0.15) is 23.2 Å². The molecule has 0 saturated carbocycles. The Labute approximate surface area is 157 Å². The number of hydrogen-bond acceptors (Lipinski definition) is 6. The van der Waals surface area contributed by atoms with Crippen LogP contribution in [0.15, 0.2) is 24.9 Å². The number of Topliss-reactive ketones (excluding diaryl/α,β-unsaturated/α-hetero) is 1. The van der Waals surface area contributed by atoms with E-state index in [4.69, 9.17) is 9.97 Å². The highest BCUT2D eigenvalue weighted by atomic mass is 16.1. The van der Waals surface area contributed by atoms with Crippen molar-refractivity contribution in [2.75, 3.05) is 18.5 Å². The van der Waals surface area contributed by atoms with E-state index in [1.807, 2.05) is 43.0 Å². The van der Waals surface area contributed by atoms with Crippen LogP contribution in [0, 0.1) is 0 Å². The average Bonchev–Trinajstić information content (AvgIpc) is 3.34. The van der Waals surface area contributed by atoms with Crippen LogP contribution in [-0.4, -0.2) is 48.7 Å². The van der Waals surface area contributed by atoms with Crippen molar-refractivity contribution in [2.24, 2.45) is 14.1 Å². The van der Waals surface area contributed by atoms with Crippen molar-refractivity contribution < 1.29 is 4.79 Å². The number of ketones is 1. The third kappa shape index (κ3) is 3.60. The molecule has 4 rings (SSSR count). The highest BCUT2D eigenvalue weighted by Crippen LogP contribution is 2.30. The molecule has 3 heterocycles. The average molecular weight is 365 g/mol. The SMILES string of the molecule is CN(CC(=O)Cc1cnn(C)c1)c1nc(-c2cn(C)cn2)nc2c1CCC2. The van der Waals surface area contributed by atoms with E-state index in [1.54, 1.807) is 17.2 Å². The van der Waals surface area contributed by atoms with Gasteiger partial charge in [0.15, 0.2) is 11.6 Å². The van der Waals surface area contributed by atoms with Gasteiger partial charge in [-0.25, -0.2) is 15.0 Å². The molecule has 0 aromatic carbocycles. The summed E-state index contributed by atoms with van der Waals surface area (Å²) in [7, 11) is 5.70. The number of carbonyl (C=O) groups is 1. The van der Waals surface area contributed by atoms with Crippen molar-refractivity contribution in [3.63, 3.8) is 0 Å². The van der Waals surface area contributed by atoms with Crippen molar-refractivity contribution in [1.29, 1.82) is 0 Å². The smallest absolute Gasteiger partial charge is 0.182 e. The van der Waals surface area contributed by atoms with E-state index in [9.17, 15) is 4.79 Å². The summed E-state index contributed by atoms with van der Waals surface area (Å²) in [5.74, 6) is 1.60. The van der Waals surface area contributed by atoms with Crippen LogP contribution in [0.3, 0.4) is 0 Å². The number of carbonyl (C=O) groups excluding carboxylic acids is 1. The molecular weight excluding hydrogens is 342 g/mol. The molecule has 8 heteroatoms. The van der Waals surface area contributed by atoms with Crippen LogP contribution in [0.4, 0.5) is 5.82 Å². The van der Waals surface area contributed by atoms with Gasteiger partial charge >= 0.3 is 0 Å². The van der Waals surface area contributed by atoms with Crippen molar-refractivity contribution in [3.05, 3.63) is 41.7 Å². The zero-order valence-corrected chi connectivity index (χ0v) is 15.9. The van der Waals surface area contributed by atoms with Crippen LogP contribution < -0.4 is 4.90 Å². The maximum atomic E-state index is 12.5. The molecule has 27 heavy (non-hydrogen) atoms. The van der Waals surface area contributed by atoms with Gasteiger partial charge in [-0.15, -0.1) is 0 Å². The number of hydrogen-bond donors (Lipinski definition) is 0. The third-order valence-corrected chi connectivity index (χ3v) is 4.78. The maximum absolute atomic E-state index is 12.5. The molecule has 3 aromatic rings. The number of fused-ring (bicyclic) bond motifs is 1. The van der Waals surface area contributed by atoms with Crippen LogP contribution >= 0.6 is 0 Å². The highest BCUT2D eigenvalue weighted by molar-refractivity contribution is 5.85.